The number of tetrazole rings is 1. The molecule has 0 fully saturated rings. The normalized spacial score (nSPS) is 14.3. The predicted octanol–water partition coefficient (Wildman–Crippen LogP) is 2.17. The van der Waals surface area contributed by atoms with Gasteiger partial charge in [-0.1, -0.05) is 13.8 Å². The van der Waals surface area contributed by atoms with Crippen molar-refractivity contribution in [3.63, 3.8) is 0 Å². The fourth-order valence-corrected chi connectivity index (χ4v) is 1.80. The fraction of sp³-hybridized carbons (Fsp3) is 0.917. The van der Waals surface area contributed by atoms with Crippen LogP contribution in [0, 0.1) is 5.92 Å². The summed E-state index contributed by atoms with van der Waals surface area (Å²) in [5.41, 5.74) is 0.0814. The number of rotatable bonds is 5. The van der Waals surface area contributed by atoms with Crippen molar-refractivity contribution in [1.29, 1.82) is 0 Å². The van der Waals surface area contributed by atoms with E-state index in [-0.39, 0.29) is 5.54 Å². The Labute approximate surface area is 104 Å². The molecule has 0 amide bonds. The van der Waals surface area contributed by atoms with Crippen LogP contribution in [0.3, 0.4) is 0 Å². The molecule has 5 nitrogen and oxygen atoms in total. The number of hydrogen-bond acceptors (Lipinski definition) is 4. The van der Waals surface area contributed by atoms with Crippen LogP contribution in [0.2, 0.25) is 0 Å². The summed E-state index contributed by atoms with van der Waals surface area (Å²) in [4.78, 5) is 0. The average molecular weight is 239 g/mol. The monoisotopic (exact) mass is 239 g/mol. The summed E-state index contributed by atoms with van der Waals surface area (Å²) in [7, 11) is 0. The van der Waals surface area contributed by atoms with E-state index in [1.54, 1.807) is 0 Å². The molecule has 98 valence electrons. The largest absolute Gasteiger partial charge is 0.305 e. The first-order valence-electron chi connectivity index (χ1n) is 6.31. The molecule has 0 bridgehead atoms. The van der Waals surface area contributed by atoms with E-state index in [1.165, 1.54) is 0 Å². The highest BCUT2D eigenvalue weighted by Gasteiger charge is 2.16. The summed E-state index contributed by atoms with van der Waals surface area (Å²) in [6, 6.07) is 0.349. The van der Waals surface area contributed by atoms with E-state index in [9.17, 15) is 0 Å². The first-order chi connectivity index (χ1) is 7.79. The molecule has 0 aromatic carbocycles. The van der Waals surface area contributed by atoms with Crippen LogP contribution < -0.4 is 5.32 Å². The average Bonchev–Trinajstić information content (AvgIpc) is 2.60. The standard InChI is InChI=1S/C12H25N5/c1-9(2)7-10(3)17-11(14-15-16-17)8-13-12(4,5)6/h9-10,13H,7-8H2,1-6H3. The van der Waals surface area contributed by atoms with Gasteiger partial charge in [0.05, 0.1) is 12.6 Å². The molecular formula is C12H25N5. The zero-order valence-electron chi connectivity index (χ0n) is 11.9. The van der Waals surface area contributed by atoms with E-state index in [0.29, 0.717) is 18.5 Å². The molecule has 5 heteroatoms. The maximum Gasteiger partial charge on any atom is 0.165 e. The Morgan fingerprint density at radius 2 is 1.88 bits per heavy atom. The molecule has 0 saturated heterocycles. The lowest BCUT2D eigenvalue weighted by Crippen LogP contribution is -2.36. The highest BCUT2D eigenvalue weighted by Crippen LogP contribution is 2.16. The van der Waals surface area contributed by atoms with E-state index in [4.69, 9.17) is 0 Å². The highest BCUT2D eigenvalue weighted by molar-refractivity contribution is 4.85. The lowest BCUT2D eigenvalue weighted by Gasteiger charge is -2.21. The second-order valence-electron chi connectivity index (χ2n) is 6.12. The van der Waals surface area contributed by atoms with Crippen LogP contribution in [0.4, 0.5) is 0 Å². The van der Waals surface area contributed by atoms with E-state index < -0.39 is 0 Å². The molecule has 0 aliphatic heterocycles. The summed E-state index contributed by atoms with van der Waals surface area (Å²) >= 11 is 0. The first-order valence-corrected chi connectivity index (χ1v) is 6.31. The molecule has 1 unspecified atom stereocenters. The van der Waals surface area contributed by atoms with E-state index in [1.807, 2.05) is 4.68 Å². The number of nitrogens with zero attached hydrogens (tertiary/aromatic N) is 4. The topological polar surface area (TPSA) is 55.6 Å². The van der Waals surface area contributed by atoms with Gasteiger partial charge in [0.15, 0.2) is 5.82 Å². The second-order valence-corrected chi connectivity index (χ2v) is 6.12. The maximum absolute atomic E-state index is 4.09. The van der Waals surface area contributed by atoms with E-state index >= 15 is 0 Å². The third kappa shape index (κ3) is 4.81. The lowest BCUT2D eigenvalue weighted by molar-refractivity contribution is 0.361. The quantitative estimate of drug-likeness (QED) is 0.855. The molecule has 1 rings (SSSR count). The molecule has 1 aromatic rings. The molecule has 0 aliphatic carbocycles. The summed E-state index contributed by atoms with van der Waals surface area (Å²) in [5, 5.41) is 15.4. The van der Waals surface area contributed by atoms with Gasteiger partial charge < -0.3 is 5.32 Å². The zero-order chi connectivity index (χ0) is 13.1. The molecule has 1 N–H and O–H groups in total. The predicted molar refractivity (Wildman–Crippen MR) is 68.6 cm³/mol. The van der Waals surface area contributed by atoms with Gasteiger partial charge in [0.1, 0.15) is 0 Å². The van der Waals surface area contributed by atoms with Crippen molar-refractivity contribution in [1.82, 2.24) is 25.5 Å². The van der Waals surface area contributed by atoms with Crippen LogP contribution in [0.25, 0.3) is 0 Å². The number of nitrogens with one attached hydrogen (secondary N) is 1. The lowest BCUT2D eigenvalue weighted by atomic mass is 10.1. The van der Waals surface area contributed by atoms with Crippen LogP contribution in [0.1, 0.15) is 59.8 Å². The Morgan fingerprint density at radius 1 is 1.24 bits per heavy atom. The van der Waals surface area contributed by atoms with Crippen molar-refractivity contribution < 1.29 is 0 Å². The third-order valence-electron chi connectivity index (χ3n) is 2.57. The molecule has 0 aliphatic rings. The van der Waals surface area contributed by atoms with Crippen LogP contribution >= 0.6 is 0 Å². The Morgan fingerprint density at radius 3 is 2.41 bits per heavy atom. The molecule has 0 saturated carbocycles. The van der Waals surface area contributed by atoms with Gasteiger partial charge in [-0.25, -0.2) is 4.68 Å². The summed E-state index contributed by atoms with van der Waals surface area (Å²) < 4.78 is 1.93. The number of hydrogen-bond donors (Lipinski definition) is 1. The van der Waals surface area contributed by atoms with Crippen LogP contribution in [0.5, 0.6) is 0 Å². The van der Waals surface area contributed by atoms with Gasteiger partial charge in [-0.15, -0.1) is 5.10 Å². The van der Waals surface area contributed by atoms with Crippen LogP contribution in [0.15, 0.2) is 0 Å². The van der Waals surface area contributed by atoms with Crippen LogP contribution in [-0.2, 0) is 6.54 Å². The maximum atomic E-state index is 4.09. The van der Waals surface area contributed by atoms with Crippen molar-refractivity contribution in [2.24, 2.45) is 5.92 Å². The van der Waals surface area contributed by atoms with E-state index in [0.717, 1.165) is 12.2 Å². The Balaban J connectivity index is 2.65. The van der Waals surface area contributed by atoms with Gasteiger partial charge in [-0.05, 0) is 50.5 Å². The minimum absolute atomic E-state index is 0.0814. The molecule has 1 heterocycles. The molecular weight excluding hydrogens is 214 g/mol. The molecule has 0 spiro atoms. The zero-order valence-corrected chi connectivity index (χ0v) is 11.9. The van der Waals surface area contributed by atoms with Gasteiger partial charge in [-0.2, -0.15) is 0 Å². The fourth-order valence-electron chi connectivity index (χ4n) is 1.80. The van der Waals surface area contributed by atoms with Gasteiger partial charge in [0.25, 0.3) is 0 Å². The summed E-state index contributed by atoms with van der Waals surface area (Å²) in [6.07, 6.45) is 1.09. The molecule has 0 radical (unpaired) electrons. The SMILES string of the molecule is CC(C)CC(C)n1nnnc1CNC(C)(C)C. The first kappa shape index (κ1) is 14.1. The minimum atomic E-state index is 0.0814. The van der Waals surface area contributed by atoms with Crippen molar-refractivity contribution in [3.05, 3.63) is 5.82 Å². The summed E-state index contributed by atoms with van der Waals surface area (Å²) in [6.45, 7) is 13.7. The minimum Gasteiger partial charge on any atom is -0.305 e. The Kier molecular flexibility index (Phi) is 4.62. The van der Waals surface area contributed by atoms with Crippen molar-refractivity contribution in [3.8, 4) is 0 Å². The highest BCUT2D eigenvalue weighted by atomic mass is 15.6. The van der Waals surface area contributed by atoms with Gasteiger partial charge in [0, 0.05) is 5.54 Å². The molecule has 1 aromatic heterocycles. The van der Waals surface area contributed by atoms with Crippen LogP contribution in [-0.4, -0.2) is 25.7 Å². The second kappa shape index (κ2) is 5.58. The van der Waals surface area contributed by atoms with Crippen molar-refractivity contribution in [2.75, 3.05) is 0 Å². The summed E-state index contributed by atoms with van der Waals surface area (Å²) in [5.74, 6) is 1.56. The van der Waals surface area contributed by atoms with Gasteiger partial charge >= 0.3 is 0 Å². The molecule has 17 heavy (non-hydrogen) atoms. The van der Waals surface area contributed by atoms with E-state index in [2.05, 4.69) is 62.4 Å². The Bertz CT molecular complexity index is 337. The molecule has 1 atom stereocenters. The number of aromatic nitrogens is 4. The van der Waals surface area contributed by atoms with Gasteiger partial charge in [-0.3, -0.25) is 0 Å². The third-order valence-corrected chi connectivity index (χ3v) is 2.57. The Hall–Kier alpha value is -0.970. The van der Waals surface area contributed by atoms with Crippen molar-refractivity contribution in [2.45, 2.75) is 66.1 Å². The smallest absolute Gasteiger partial charge is 0.165 e. The van der Waals surface area contributed by atoms with Crippen molar-refractivity contribution >= 4 is 0 Å². The van der Waals surface area contributed by atoms with Gasteiger partial charge in [0.2, 0.25) is 0 Å².